The van der Waals surface area contributed by atoms with Crippen molar-refractivity contribution in [3.63, 3.8) is 0 Å². The average Bonchev–Trinajstić information content (AvgIpc) is 3.61. The van der Waals surface area contributed by atoms with Gasteiger partial charge in [0.25, 0.3) is 5.56 Å². The molecule has 0 bridgehead atoms. The summed E-state index contributed by atoms with van der Waals surface area (Å²) in [6.07, 6.45) is 6.71. The van der Waals surface area contributed by atoms with Crippen molar-refractivity contribution in [2.24, 2.45) is 16.3 Å². The molecule has 154 valence electrons. The van der Waals surface area contributed by atoms with Gasteiger partial charge in [-0.05, 0) is 74.8 Å². The Kier molecular flexibility index (Phi) is 4.73. The van der Waals surface area contributed by atoms with Crippen molar-refractivity contribution in [2.45, 2.75) is 58.0 Å². The number of fused-ring (bicyclic) bond motifs is 1. The molecule has 1 heterocycles. The lowest BCUT2D eigenvalue weighted by molar-refractivity contribution is 0.450. The summed E-state index contributed by atoms with van der Waals surface area (Å²) in [6, 6.07) is 5.79. The first-order chi connectivity index (χ1) is 13.7. The molecule has 3 N–H and O–H groups in total. The molecule has 0 saturated heterocycles. The largest absolute Gasteiger partial charge is 0.382 e. The molecule has 0 unspecified atom stereocenters. The van der Waals surface area contributed by atoms with E-state index in [0.29, 0.717) is 17.4 Å². The van der Waals surface area contributed by atoms with E-state index in [9.17, 15) is 9.59 Å². The predicted octanol–water partition coefficient (Wildman–Crippen LogP) is 1.95. The molecule has 0 radical (unpaired) electrons. The highest BCUT2D eigenvalue weighted by atomic mass is 16.2. The van der Waals surface area contributed by atoms with Crippen molar-refractivity contribution in [3.05, 3.63) is 57.3 Å². The standard InChI is InChI=1S/C22H29N5O2/c1-4-18(23)25-27-19(28)16-13-15(7-12-24-22(3)10-11-22)5-6-17(16)26(20(27)29)14-21(2)8-9-21/h4-6,13,24H,1,7-12,14H2,2-3H3,(H2,23,25). The smallest absolute Gasteiger partial charge is 0.352 e. The quantitative estimate of drug-likeness (QED) is 0.528. The molecule has 1 aromatic carbocycles. The fourth-order valence-electron chi connectivity index (χ4n) is 3.59. The zero-order chi connectivity index (χ0) is 20.8. The molecular formula is C22H29N5O2. The van der Waals surface area contributed by atoms with Gasteiger partial charge in [-0.1, -0.05) is 19.6 Å². The summed E-state index contributed by atoms with van der Waals surface area (Å²) in [4.78, 5) is 26.1. The maximum atomic E-state index is 13.1. The highest BCUT2D eigenvalue weighted by molar-refractivity contribution is 5.90. The Morgan fingerprint density at radius 3 is 2.62 bits per heavy atom. The summed E-state index contributed by atoms with van der Waals surface area (Å²) in [6.45, 7) is 9.35. The first-order valence-corrected chi connectivity index (χ1v) is 10.2. The maximum absolute atomic E-state index is 13.1. The van der Waals surface area contributed by atoms with Gasteiger partial charge < -0.3 is 11.1 Å². The molecule has 7 heteroatoms. The van der Waals surface area contributed by atoms with Crippen molar-refractivity contribution in [3.8, 4) is 0 Å². The Labute approximate surface area is 169 Å². The van der Waals surface area contributed by atoms with E-state index in [4.69, 9.17) is 5.73 Å². The topological polar surface area (TPSA) is 94.4 Å². The van der Waals surface area contributed by atoms with E-state index in [2.05, 4.69) is 30.8 Å². The summed E-state index contributed by atoms with van der Waals surface area (Å²) in [5.74, 6) is 0.0331. The van der Waals surface area contributed by atoms with Crippen LogP contribution in [0.4, 0.5) is 0 Å². The van der Waals surface area contributed by atoms with Crippen LogP contribution < -0.4 is 22.3 Å². The Morgan fingerprint density at radius 2 is 2.00 bits per heavy atom. The van der Waals surface area contributed by atoms with Crippen molar-refractivity contribution in [1.29, 1.82) is 0 Å². The minimum atomic E-state index is -0.462. The minimum absolute atomic E-state index is 0.0331. The van der Waals surface area contributed by atoms with E-state index in [1.54, 1.807) is 4.57 Å². The Bertz CT molecular complexity index is 1120. The minimum Gasteiger partial charge on any atom is -0.382 e. The van der Waals surface area contributed by atoms with Crippen LogP contribution in [0.2, 0.25) is 0 Å². The predicted molar refractivity (Wildman–Crippen MR) is 116 cm³/mol. The molecule has 7 nitrogen and oxygen atoms in total. The maximum Gasteiger partial charge on any atom is 0.352 e. The SMILES string of the molecule is C=C/C(N)=N/n1c(=O)c2cc(CCNC3(C)CC3)ccc2n(CC2(C)CC2)c1=O. The molecule has 0 aliphatic heterocycles. The zero-order valence-corrected chi connectivity index (χ0v) is 17.2. The molecule has 1 aromatic heterocycles. The number of benzene rings is 1. The van der Waals surface area contributed by atoms with Crippen molar-refractivity contribution >= 4 is 16.7 Å². The van der Waals surface area contributed by atoms with Gasteiger partial charge in [0.05, 0.1) is 10.9 Å². The van der Waals surface area contributed by atoms with E-state index in [0.717, 1.165) is 36.0 Å². The second-order valence-corrected chi connectivity index (χ2v) is 9.11. The lowest BCUT2D eigenvalue weighted by Crippen LogP contribution is -2.40. The van der Waals surface area contributed by atoms with Gasteiger partial charge >= 0.3 is 5.69 Å². The third-order valence-electron chi connectivity index (χ3n) is 6.22. The fraction of sp³-hybridized carbons (Fsp3) is 0.500. The van der Waals surface area contributed by atoms with Crippen LogP contribution in [0.15, 0.2) is 45.5 Å². The molecule has 2 fully saturated rings. The number of aromatic nitrogens is 2. The number of nitrogens with two attached hydrogens (primary N) is 1. The number of nitrogens with zero attached hydrogens (tertiary/aromatic N) is 3. The van der Waals surface area contributed by atoms with Gasteiger partial charge in [-0.25, -0.2) is 4.79 Å². The normalized spacial score (nSPS) is 19.3. The van der Waals surface area contributed by atoms with Gasteiger partial charge in [-0.15, -0.1) is 9.78 Å². The van der Waals surface area contributed by atoms with Gasteiger partial charge in [0.1, 0.15) is 5.84 Å². The van der Waals surface area contributed by atoms with Crippen LogP contribution in [-0.4, -0.2) is 27.2 Å². The van der Waals surface area contributed by atoms with Crippen molar-refractivity contribution in [1.82, 2.24) is 14.6 Å². The first-order valence-electron chi connectivity index (χ1n) is 10.2. The highest BCUT2D eigenvalue weighted by Gasteiger charge is 2.38. The summed E-state index contributed by atoms with van der Waals surface area (Å²) >= 11 is 0. The lowest BCUT2D eigenvalue weighted by Gasteiger charge is -2.16. The van der Waals surface area contributed by atoms with E-state index < -0.39 is 11.2 Å². The summed E-state index contributed by atoms with van der Waals surface area (Å²) in [5.41, 5.74) is 6.91. The summed E-state index contributed by atoms with van der Waals surface area (Å²) in [5, 5.41) is 8.06. The van der Waals surface area contributed by atoms with Crippen LogP contribution in [0.25, 0.3) is 10.9 Å². The van der Waals surface area contributed by atoms with E-state index in [1.165, 1.54) is 18.9 Å². The van der Waals surface area contributed by atoms with Gasteiger partial charge in [-0.3, -0.25) is 9.36 Å². The van der Waals surface area contributed by atoms with Gasteiger partial charge in [-0.2, -0.15) is 0 Å². The Balaban J connectivity index is 1.78. The second-order valence-electron chi connectivity index (χ2n) is 9.11. The Hall–Kier alpha value is -2.67. The highest BCUT2D eigenvalue weighted by Crippen LogP contribution is 2.46. The molecule has 0 atom stereocenters. The Morgan fingerprint density at radius 1 is 1.28 bits per heavy atom. The third-order valence-corrected chi connectivity index (χ3v) is 6.22. The molecule has 0 spiro atoms. The van der Waals surface area contributed by atoms with E-state index in [-0.39, 0.29) is 16.8 Å². The fourth-order valence-corrected chi connectivity index (χ4v) is 3.59. The van der Waals surface area contributed by atoms with E-state index >= 15 is 0 Å². The van der Waals surface area contributed by atoms with Gasteiger partial charge in [0.15, 0.2) is 0 Å². The van der Waals surface area contributed by atoms with E-state index in [1.807, 2.05) is 18.2 Å². The molecule has 0 amide bonds. The summed E-state index contributed by atoms with van der Waals surface area (Å²) in [7, 11) is 0. The molecule has 29 heavy (non-hydrogen) atoms. The number of rotatable bonds is 8. The third kappa shape index (κ3) is 4.05. The molecule has 2 aromatic rings. The molecule has 2 aliphatic rings. The number of hydrogen-bond donors (Lipinski definition) is 2. The van der Waals surface area contributed by atoms with Crippen LogP contribution in [0.5, 0.6) is 0 Å². The lowest BCUT2D eigenvalue weighted by atomic mass is 10.1. The number of hydrogen-bond acceptors (Lipinski definition) is 4. The van der Waals surface area contributed by atoms with Crippen molar-refractivity contribution < 1.29 is 0 Å². The zero-order valence-electron chi connectivity index (χ0n) is 17.2. The van der Waals surface area contributed by atoms with Crippen LogP contribution in [0.1, 0.15) is 45.1 Å². The van der Waals surface area contributed by atoms with Crippen LogP contribution in [0.3, 0.4) is 0 Å². The van der Waals surface area contributed by atoms with Crippen molar-refractivity contribution in [2.75, 3.05) is 6.54 Å². The van der Waals surface area contributed by atoms with Crippen LogP contribution in [0, 0.1) is 5.41 Å². The first kappa shape index (κ1) is 19.6. The average molecular weight is 396 g/mol. The number of amidine groups is 1. The molecule has 2 saturated carbocycles. The van der Waals surface area contributed by atoms with Gasteiger partial charge in [0, 0.05) is 12.1 Å². The van der Waals surface area contributed by atoms with Gasteiger partial charge in [0.2, 0.25) is 0 Å². The molecule has 2 aliphatic carbocycles. The van der Waals surface area contributed by atoms with Crippen LogP contribution in [-0.2, 0) is 13.0 Å². The number of nitrogens with one attached hydrogen (secondary N) is 1. The van der Waals surface area contributed by atoms with Crippen LogP contribution >= 0.6 is 0 Å². The molecule has 4 rings (SSSR count). The second kappa shape index (κ2) is 6.99. The monoisotopic (exact) mass is 395 g/mol. The molecular weight excluding hydrogens is 366 g/mol. The summed E-state index contributed by atoms with van der Waals surface area (Å²) < 4.78 is 2.54.